The number of aromatic amines is 1. The molecule has 0 aromatic carbocycles. The zero-order chi connectivity index (χ0) is 13.2. The largest absolute Gasteiger partial charge is 0.329 e. The molecule has 0 aliphatic rings. The lowest BCUT2D eigenvalue weighted by atomic mass is 9.98. The van der Waals surface area contributed by atoms with Crippen LogP contribution >= 0.6 is 11.6 Å². The van der Waals surface area contributed by atoms with Crippen molar-refractivity contribution in [2.45, 2.75) is 40.7 Å². The SMILES string of the molecule is CCc1c(Cl)[nH]c(=O)n(CC(C)C(C)C)c1=O. The summed E-state index contributed by atoms with van der Waals surface area (Å²) < 4.78 is 1.25. The quantitative estimate of drug-likeness (QED) is 0.841. The average molecular weight is 259 g/mol. The number of H-pyrrole nitrogens is 1. The molecule has 1 aromatic rings. The molecule has 1 N–H and O–H groups in total. The molecular formula is C12H19ClN2O2. The summed E-state index contributed by atoms with van der Waals surface area (Å²) in [5.41, 5.74) is -0.222. The second-order valence-electron chi connectivity index (χ2n) is 4.71. The first kappa shape index (κ1) is 14.0. The second-order valence-corrected chi connectivity index (χ2v) is 5.09. The number of aromatic nitrogens is 2. The van der Waals surface area contributed by atoms with Gasteiger partial charge in [-0.1, -0.05) is 39.3 Å². The number of halogens is 1. The van der Waals surface area contributed by atoms with Crippen LogP contribution in [0.25, 0.3) is 0 Å². The van der Waals surface area contributed by atoms with E-state index in [2.05, 4.69) is 18.8 Å². The molecule has 0 radical (unpaired) electrons. The Hall–Kier alpha value is -1.03. The van der Waals surface area contributed by atoms with Gasteiger partial charge >= 0.3 is 5.69 Å². The molecule has 96 valence electrons. The van der Waals surface area contributed by atoms with Gasteiger partial charge in [-0.15, -0.1) is 0 Å². The zero-order valence-electron chi connectivity index (χ0n) is 10.7. The highest BCUT2D eigenvalue weighted by molar-refractivity contribution is 6.30. The summed E-state index contributed by atoms with van der Waals surface area (Å²) >= 11 is 5.84. The normalized spacial score (nSPS) is 13.1. The van der Waals surface area contributed by atoms with Crippen LogP contribution in [0.4, 0.5) is 0 Å². The predicted molar refractivity (Wildman–Crippen MR) is 69.7 cm³/mol. The molecule has 4 nitrogen and oxygen atoms in total. The molecule has 0 aliphatic heterocycles. The highest BCUT2D eigenvalue weighted by Crippen LogP contribution is 2.11. The third-order valence-electron chi connectivity index (χ3n) is 3.19. The Balaban J connectivity index is 3.26. The molecule has 0 fully saturated rings. The van der Waals surface area contributed by atoms with Crippen molar-refractivity contribution in [3.8, 4) is 0 Å². The van der Waals surface area contributed by atoms with Crippen LogP contribution in [0.5, 0.6) is 0 Å². The third kappa shape index (κ3) is 3.00. The van der Waals surface area contributed by atoms with Crippen LogP contribution in [0.1, 0.15) is 33.3 Å². The first-order valence-corrected chi connectivity index (χ1v) is 6.27. The second kappa shape index (κ2) is 5.54. The van der Waals surface area contributed by atoms with Crippen molar-refractivity contribution in [1.29, 1.82) is 0 Å². The molecule has 1 atom stereocenters. The van der Waals surface area contributed by atoms with E-state index in [1.54, 1.807) is 0 Å². The van der Waals surface area contributed by atoms with Crippen molar-refractivity contribution in [2.24, 2.45) is 11.8 Å². The maximum absolute atomic E-state index is 12.1. The first-order valence-electron chi connectivity index (χ1n) is 5.89. The van der Waals surface area contributed by atoms with Gasteiger partial charge in [0.25, 0.3) is 5.56 Å². The molecule has 17 heavy (non-hydrogen) atoms. The maximum atomic E-state index is 12.1. The van der Waals surface area contributed by atoms with E-state index in [9.17, 15) is 9.59 Å². The zero-order valence-corrected chi connectivity index (χ0v) is 11.5. The van der Waals surface area contributed by atoms with Gasteiger partial charge in [0.05, 0.1) is 5.56 Å². The lowest BCUT2D eigenvalue weighted by molar-refractivity contribution is 0.353. The number of hydrogen-bond donors (Lipinski definition) is 1. The number of nitrogens with one attached hydrogen (secondary N) is 1. The van der Waals surface area contributed by atoms with Gasteiger partial charge in [0.1, 0.15) is 5.15 Å². The fraction of sp³-hybridized carbons (Fsp3) is 0.667. The van der Waals surface area contributed by atoms with E-state index in [1.165, 1.54) is 4.57 Å². The standard InChI is InChI=1S/C12H19ClN2O2/c1-5-9-10(13)14-12(17)15(11(9)16)6-8(4)7(2)3/h7-8H,5-6H2,1-4H3,(H,14,17). The molecule has 0 spiro atoms. The minimum absolute atomic E-state index is 0.163. The molecule has 0 saturated heterocycles. The van der Waals surface area contributed by atoms with E-state index in [1.807, 2.05) is 13.8 Å². The Morgan fingerprint density at radius 2 is 1.88 bits per heavy atom. The summed E-state index contributed by atoms with van der Waals surface area (Å²) in [7, 11) is 0. The average Bonchev–Trinajstić information content (AvgIpc) is 2.24. The molecule has 1 unspecified atom stereocenters. The smallest absolute Gasteiger partial charge is 0.297 e. The van der Waals surface area contributed by atoms with Crippen molar-refractivity contribution >= 4 is 11.6 Å². The van der Waals surface area contributed by atoms with E-state index in [4.69, 9.17) is 11.6 Å². The van der Waals surface area contributed by atoms with Crippen LogP contribution in [-0.2, 0) is 13.0 Å². The number of hydrogen-bond acceptors (Lipinski definition) is 2. The Labute approximate surface area is 106 Å². The van der Waals surface area contributed by atoms with Crippen LogP contribution in [0.15, 0.2) is 9.59 Å². The maximum Gasteiger partial charge on any atom is 0.329 e. The molecule has 0 bridgehead atoms. The topological polar surface area (TPSA) is 54.9 Å². The monoisotopic (exact) mass is 258 g/mol. The van der Waals surface area contributed by atoms with Crippen LogP contribution in [0.2, 0.25) is 5.15 Å². The minimum atomic E-state index is -0.426. The lowest BCUT2D eigenvalue weighted by Gasteiger charge is -2.16. The molecule has 5 heteroatoms. The summed E-state index contributed by atoms with van der Waals surface area (Å²) in [4.78, 5) is 26.3. The molecule has 1 aromatic heterocycles. The first-order chi connectivity index (χ1) is 7.88. The minimum Gasteiger partial charge on any atom is -0.297 e. The van der Waals surface area contributed by atoms with Crippen LogP contribution in [0.3, 0.4) is 0 Å². The highest BCUT2D eigenvalue weighted by Gasteiger charge is 2.15. The number of nitrogens with zero attached hydrogens (tertiary/aromatic N) is 1. The van der Waals surface area contributed by atoms with E-state index >= 15 is 0 Å². The lowest BCUT2D eigenvalue weighted by Crippen LogP contribution is -2.39. The summed E-state index contributed by atoms with van der Waals surface area (Å²) in [6.07, 6.45) is 0.518. The van der Waals surface area contributed by atoms with E-state index in [0.29, 0.717) is 24.4 Å². The fourth-order valence-electron chi connectivity index (χ4n) is 1.56. The van der Waals surface area contributed by atoms with Gasteiger partial charge in [0, 0.05) is 6.54 Å². The molecule has 0 saturated carbocycles. The molecular weight excluding hydrogens is 240 g/mol. The van der Waals surface area contributed by atoms with Crippen molar-refractivity contribution in [2.75, 3.05) is 0 Å². The van der Waals surface area contributed by atoms with Gasteiger partial charge in [-0.2, -0.15) is 0 Å². The summed E-state index contributed by atoms with van der Waals surface area (Å²) in [5.74, 6) is 0.682. The molecule has 0 aliphatic carbocycles. The van der Waals surface area contributed by atoms with Gasteiger partial charge < -0.3 is 0 Å². The summed E-state index contributed by atoms with van der Waals surface area (Å²) in [5, 5.41) is 0.163. The van der Waals surface area contributed by atoms with Crippen molar-refractivity contribution in [1.82, 2.24) is 9.55 Å². The van der Waals surface area contributed by atoms with Gasteiger partial charge in [-0.05, 0) is 18.3 Å². The van der Waals surface area contributed by atoms with Crippen LogP contribution in [-0.4, -0.2) is 9.55 Å². The van der Waals surface area contributed by atoms with Crippen LogP contribution < -0.4 is 11.2 Å². The Kier molecular flexibility index (Phi) is 4.57. The van der Waals surface area contributed by atoms with Gasteiger partial charge in [0.15, 0.2) is 0 Å². The van der Waals surface area contributed by atoms with Gasteiger partial charge in [-0.25, -0.2) is 4.79 Å². The van der Waals surface area contributed by atoms with E-state index in [0.717, 1.165) is 0 Å². The van der Waals surface area contributed by atoms with Gasteiger partial charge in [0.2, 0.25) is 0 Å². The number of rotatable bonds is 4. The Morgan fingerprint density at radius 1 is 1.29 bits per heavy atom. The summed E-state index contributed by atoms with van der Waals surface area (Å²) in [6.45, 7) is 8.44. The molecule has 0 amide bonds. The van der Waals surface area contributed by atoms with E-state index in [-0.39, 0.29) is 16.6 Å². The molecule has 1 rings (SSSR count). The van der Waals surface area contributed by atoms with E-state index < -0.39 is 5.69 Å². The van der Waals surface area contributed by atoms with Crippen molar-refractivity contribution in [3.05, 3.63) is 31.6 Å². The Morgan fingerprint density at radius 3 is 2.35 bits per heavy atom. The molecule has 1 heterocycles. The van der Waals surface area contributed by atoms with Crippen LogP contribution in [0, 0.1) is 11.8 Å². The fourth-order valence-corrected chi connectivity index (χ4v) is 1.85. The Bertz CT molecular complexity index is 502. The van der Waals surface area contributed by atoms with Gasteiger partial charge in [-0.3, -0.25) is 14.3 Å². The third-order valence-corrected chi connectivity index (χ3v) is 3.51. The van der Waals surface area contributed by atoms with Crippen molar-refractivity contribution in [3.63, 3.8) is 0 Å². The summed E-state index contributed by atoms with van der Waals surface area (Å²) in [6, 6.07) is 0. The predicted octanol–water partition coefficient (Wildman–Crippen LogP) is 2.04. The highest BCUT2D eigenvalue weighted by atomic mass is 35.5. The van der Waals surface area contributed by atoms with Crippen molar-refractivity contribution < 1.29 is 0 Å².